The molecule has 0 aliphatic rings. The molecule has 0 spiro atoms. The number of aliphatic hydroxyl groups excluding tert-OH is 1. The van der Waals surface area contributed by atoms with Crippen molar-refractivity contribution in [3.63, 3.8) is 0 Å². The monoisotopic (exact) mass is 247 g/mol. The number of methoxy groups -OCH3 is 1. The van der Waals surface area contributed by atoms with Gasteiger partial charge in [-0.3, -0.25) is 0 Å². The van der Waals surface area contributed by atoms with E-state index in [0.29, 0.717) is 0 Å². The van der Waals surface area contributed by atoms with Crippen molar-refractivity contribution in [2.24, 2.45) is 0 Å². The summed E-state index contributed by atoms with van der Waals surface area (Å²) in [4.78, 5) is 2.27. The Hall–Kier alpha value is -1.50. The average molecular weight is 247 g/mol. The van der Waals surface area contributed by atoms with Crippen molar-refractivity contribution in [2.45, 2.75) is 19.9 Å². The van der Waals surface area contributed by atoms with Crippen LogP contribution in [-0.2, 0) is 6.54 Å². The molecule has 0 atom stereocenters. The van der Waals surface area contributed by atoms with Crippen molar-refractivity contribution in [1.82, 2.24) is 4.90 Å². The van der Waals surface area contributed by atoms with E-state index in [1.54, 1.807) is 7.11 Å². The molecule has 1 rings (SSSR count). The molecule has 1 aromatic rings. The van der Waals surface area contributed by atoms with Crippen LogP contribution < -0.4 is 4.74 Å². The lowest BCUT2D eigenvalue weighted by molar-refractivity contribution is 0.327. The van der Waals surface area contributed by atoms with E-state index in [1.807, 2.05) is 12.1 Å². The highest BCUT2D eigenvalue weighted by molar-refractivity contribution is 5.48. The first-order chi connectivity index (χ1) is 8.71. The van der Waals surface area contributed by atoms with Crippen molar-refractivity contribution in [3.8, 4) is 17.6 Å². The molecule has 0 aliphatic carbocycles. The molecule has 0 heterocycles. The van der Waals surface area contributed by atoms with E-state index in [9.17, 15) is 0 Å². The lowest BCUT2D eigenvalue weighted by Gasteiger charge is -2.16. The van der Waals surface area contributed by atoms with Crippen LogP contribution in [0.2, 0.25) is 0 Å². The van der Waals surface area contributed by atoms with E-state index in [2.05, 4.69) is 36.8 Å². The van der Waals surface area contributed by atoms with E-state index in [1.165, 1.54) is 5.56 Å². The summed E-state index contributed by atoms with van der Waals surface area (Å²) in [6, 6.07) is 6.00. The van der Waals surface area contributed by atoms with Gasteiger partial charge in [-0.2, -0.15) is 0 Å². The summed E-state index contributed by atoms with van der Waals surface area (Å²) in [6.07, 6.45) is 1.14. The molecule has 0 unspecified atom stereocenters. The fourth-order valence-electron chi connectivity index (χ4n) is 1.86. The Bertz CT molecular complexity index is 432. The van der Waals surface area contributed by atoms with Crippen LogP contribution in [0.4, 0.5) is 0 Å². The van der Waals surface area contributed by atoms with E-state index in [4.69, 9.17) is 9.84 Å². The molecule has 18 heavy (non-hydrogen) atoms. The summed E-state index contributed by atoms with van der Waals surface area (Å²) in [6.45, 7) is 4.00. The Kier molecular flexibility index (Phi) is 6.27. The maximum absolute atomic E-state index is 8.75. The maximum atomic E-state index is 8.75. The molecule has 98 valence electrons. The third-order valence-corrected chi connectivity index (χ3v) is 2.62. The highest BCUT2D eigenvalue weighted by atomic mass is 16.5. The van der Waals surface area contributed by atoms with Crippen LogP contribution in [0.25, 0.3) is 0 Å². The Morgan fingerprint density at radius 2 is 2.17 bits per heavy atom. The van der Waals surface area contributed by atoms with E-state index in [-0.39, 0.29) is 6.61 Å². The number of benzene rings is 1. The summed E-state index contributed by atoms with van der Waals surface area (Å²) in [5.74, 6) is 6.32. The molecule has 0 amide bonds. The van der Waals surface area contributed by atoms with Crippen molar-refractivity contribution >= 4 is 0 Å². The van der Waals surface area contributed by atoms with Gasteiger partial charge in [0.2, 0.25) is 0 Å². The van der Waals surface area contributed by atoms with E-state index < -0.39 is 0 Å². The minimum Gasteiger partial charge on any atom is -0.495 e. The third-order valence-electron chi connectivity index (χ3n) is 2.62. The first-order valence-corrected chi connectivity index (χ1v) is 6.16. The molecule has 0 radical (unpaired) electrons. The smallest absolute Gasteiger partial charge is 0.134 e. The van der Waals surface area contributed by atoms with Crippen LogP contribution in [0.15, 0.2) is 18.2 Å². The summed E-state index contributed by atoms with van der Waals surface area (Å²) < 4.78 is 5.25. The second-order valence-electron chi connectivity index (χ2n) is 4.23. The van der Waals surface area contributed by atoms with E-state index >= 15 is 0 Å². The fourth-order valence-corrected chi connectivity index (χ4v) is 1.86. The summed E-state index contributed by atoms with van der Waals surface area (Å²) in [7, 11) is 3.73. The molecule has 1 aromatic carbocycles. The lowest BCUT2D eigenvalue weighted by Crippen LogP contribution is -2.18. The zero-order valence-corrected chi connectivity index (χ0v) is 11.4. The van der Waals surface area contributed by atoms with Crippen LogP contribution in [0.3, 0.4) is 0 Å². The fraction of sp³-hybridized carbons (Fsp3) is 0.467. The molecule has 3 nitrogen and oxygen atoms in total. The Morgan fingerprint density at radius 1 is 1.39 bits per heavy atom. The van der Waals surface area contributed by atoms with E-state index in [0.717, 1.165) is 30.8 Å². The minimum atomic E-state index is -0.136. The molecule has 0 bridgehead atoms. The van der Waals surface area contributed by atoms with Crippen molar-refractivity contribution in [2.75, 3.05) is 27.3 Å². The number of ether oxygens (including phenoxy) is 1. The first-order valence-electron chi connectivity index (χ1n) is 6.16. The van der Waals surface area contributed by atoms with Gasteiger partial charge in [0.1, 0.15) is 12.4 Å². The topological polar surface area (TPSA) is 32.7 Å². The van der Waals surface area contributed by atoms with Gasteiger partial charge >= 0.3 is 0 Å². The normalized spacial score (nSPS) is 10.1. The minimum absolute atomic E-state index is 0.136. The Labute approximate surface area is 109 Å². The van der Waals surface area contributed by atoms with Gasteiger partial charge in [-0.25, -0.2) is 0 Å². The molecular weight excluding hydrogens is 226 g/mol. The maximum Gasteiger partial charge on any atom is 0.134 e. The predicted octanol–water partition coefficient (Wildman–Crippen LogP) is 1.88. The lowest BCUT2D eigenvalue weighted by atomic mass is 10.1. The molecule has 0 fully saturated rings. The molecule has 0 saturated heterocycles. The number of rotatable bonds is 5. The second-order valence-corrected chi connectivity index (χ2v) is 4.23. The van der Waals surface area contributed by atoms with Crippen LogP contribution in [0.1, 0.15) is 24.5 Å². The number of hydrogen-bond acceptors (Lipinski definition) is 3. The van der Waals surface area contributed by atoms with Gasteiger partial charge < -0.3 is 14.7 Å². The standard InChI is InChI=1S/C15H21NO2/c1-4-9-16(2)12-13-7-8-15(18-3)14(11-13)6-5-10-17/h7-8,11,17H,4,9-10,12H2,1-3H3. The number of nitrogens with zero attached hydrogens (tertiary/aromatic N) is 1. The summed E-state index contributed by atoms with van der Waals surface area (Å²) in [5, 5.41) is 8.75. The van der Waals surface area contributed by atoms with Crippen molar-refractivity contribution in [3.05, 3.63) is 29.3 Å². The van der Waals surface area contributed by atoms with Crippen LogP contribution in [0, 0.1) is 11.8 Å². The average Bonchev–Trinajstić information content (AvgIpc) is 2.36. The van der Waals surface area contributed by atoms with Gasteiger partial charge in [-0.05, 0) is 37.7 Å². The molecule has 1 N–H and O–H groups in total. The largest absolute Gasteiger partial charge is 0.495 e. The Morgan fingerprint density at radius 3 is 2.78 bits per heavy atom. The van der Waals surface area contributed by atoms with Gasteiger partial charge in [-0.15, -0.1) is 0 Å². The summed E-state index contributed by atoms with van der Waals surface area (Å²) >= 11 is 0. The van der Waals surface area contributed by atoms with Gasteiger partial charge in [0.25, 0.3) is 0 Å². The van der Waals surface area contributed by atoms with Gasteiger partial charge in [-0.1, -0.05) is 24.8 Å². The second kappa shape index (κ2) is 7.75. The van der Waals surface area contributed by atoms with Gasteiger partial charge in [0, 0.05) is 6.54 Å². The molecule has 3 heteroatoms. The van der Waals surface area contributed by atoms with Gasteiger partial charge in [0.05, 0.1) is 12.7 Å². The summed E-state index contributed by atoms with van der Waals surface area (Å²) in [5.41, 5.74) is 2.03. The zero-order chi connectivity index (χ0) is 13.4. The predicted molar refractivity (Wildman–Crippen MR) is 73.6 cm³/mol. The highest BCUT2D eigenvalue weighted by Crippen LogP contribution is 2.19. The van der Waals surface area contributed by atoms with Crippen LogP contribution in [0.5, 0.6) is 5.75 Å². The number of hydrogen-bond donors (Lipinski definition) is 1. The molecular formula is C15H21NO2. The molecule has 0 aromatic heterocycles. The highest BCUT2D eigenvalue weighted by Gasteiger charge is 2.04. The SMILES string of the molecule is CCCN(C)Cc1ccc(OC)c(C#CCO)c1. The Balaban J connectivity index is 2.88. The quantitative estimate of drug-likeness (QED) is 0.806. The zero-order valence-electron chi connectivity index (χ0n) is 11.4. The van der Waals surface area contributed by atoms with Crippen molar-refractivity contribution in [1.29, 1.82) is 0 Å². The number of aliphatic hydroxyl groups is 1. The van der Waals surface area contributed by atoms with Crippen LogP contribution >= 0.6 is 0 Å². The van der Waals surface area contributed by atoms with Crippen LogP contribution in [-0.4, -0.2) is 37.3 Å². The molecule has 0 saturated carbocycles. The van der Waals surface area contributed by atoms with Gasteiger partial charge in [0.15, 0.2) is 0 Å². The first kappa shape index (κ1) is 14.6. The third kappa shape index (κ3) is 4.40. The van der Waals surface area contributed by atoms with Crippen molar-refractivity contribution < 1.29 is 9.84 Å². The molecule has 0 aliphatic heterocycles.